The fourth-order valence-electron chi connectivity index (χ4n) is 1.79. The summed E-state index contributed by atoms with van der Waals surface area (Å²) in [6.07, 6.45) is 0.955. The van der Waals surface area contributed by atoms with Crippen LogP contribution in [0.15, 0.2) is 0 Å². The third kappa shape index (κ3) is 2.35. The first-order valence-electron chi connectivity index (χ1n) is 5.41. The molecule has 1 aliphatic rings. The number of rotatable bonds is 2. The van der Waals surface area contributed by atoms with Crippen LogP contribution < -0.4 is 5.32 Å². The van der Waals surface area contributed by atoms with Gasteiger partial charge in [0.1, 0.15) is 0 Å². The number of aryl methyl sites for hydroxylation is 1. The van der Waals surface area contributed by atoms with Gasteiger partial charge in [-0.1, -0.05) is 0 Å². The van der Waals surface area contributed by atoms with Gasteiger partial charge < -0.3 is 5.32 Å². The van der Waals surface area contributed by atoms with Crippen molar-refractivity contribution in [3.05, 3.63) is 5.82 Å². The van der Waals surface area contributed by atoms with Crippen LogP contribution in [0.4, 0.5) is 0 Å². The molecule has 1 aliphatic heterocycles. The summed E-state index contributed by atoms with van der Waals surface area (Å²) < 4.78 is 0. The normalized spacial score (nSPS) is 22.9. The lowest BCUT2D eigenvalue weighted by atomic mass is 10.2. The zero-order valence-electron chi connectivity index (χ0n) is 9.55. The van der Waals surface area contributed by atoms with Gasteiger partial charge >= 0.3 is 0 Å². The molecule has 7 heteroatoms. The highest BCUT2D eigenvalue weighted by Gasteiger charge is 2.24. The number of hydrogen-bond acceptors (Lipinski definition) is 5. The van der Waals surface area contributed by atoms with Crippen molar-refractivity contribution in [3.63, 3.8) is 0 Å². The molecule has 0 saturated carbocycles. The number of carbonyl (C=O) groups excluding carboxylic acids is 1. The first kappa shape index (κ1) is 11.0. The lowest BCUT2D eigenvalue weighted by molar-refractivity contribution is -0.125. The maximum absolute atomic E-state index is 11.6. The maximum atomic E-state index is 11.6. The van der Waals surface area contributed by atoms with Gasteiger partial charge in [-0.05, 0) is 18.6 Å². The maximum Gasteiger partial charge on any atom is 0.237 e. The van der Waals surface area contributed by atoms with E-state index in [0.29, 0.717) is 12.4 Å². The van der Waals surface area contributed by atoms with Crippen LogP contribution in [0.2, 0.25) is 0 Å². The van der Waals surface area contributed by atoms with Crippen LogP contribution in [0.25, 0.3) is 0 Å². The van der Waals surface area contributed by atoms with Gasteiger partial charge in [-0.15, -0.1) is 10.2 Å². The molecule has 1 amide bonds. The van der Waals surface area contributed by atoms with Crippen LogP contribution in [0.3, 0.4) is 0 Å². The molecule has 1 atom stereocenters. The zero-order chi connectivity index (χ0) is 11.5. The van der Waals surface area contributed by atoms with Crippen molar-refractivity contribution in [2.75, 3.05) is 13.1 Å². The fourth-order valence-corrected chi connectivity index (χ4v) is 1.79. The molecule has 7 nitrogen and oxygen atoms in total. The largest absolute Gasteiger partial charge is 0.355 e. The number of nitrogens with zero attached hydrogens (tertiary/aromatic N) is 5. The highest BCUT2D eigenvalue weighted by molar-refractivity contribution is 5.81. The molecule has 0 aliphatic carbocycles. The van der Waals surface area contributed by atoms with Crippen LogP contribution in [0, 0.1) is 0 Å². The lowest BCUT2D eigenvalue weighted by Gasteiger charge is -2.23. The molecule has 0 radical (unpaired) electrons. The molecular formula is C9H16N6O. The summed E-state index contributed by atoms with van der Waals surface area (Å²) >= 11 is 0. The first-order valence-corrected chi connectivity index (χ1v) is 5.41. The van der Waals surface area contributed by atoms with E-state index in [4.69, 9.17) is 0 Å². The van der Waals surface area contributed by atoms with Crippen LogP contribution in [0.1, 0.15) is 19.2 Å². The highest BCUT2D eigenvalue weighted by atomic mass is 16.2. The van der Waals surface area contributed by atoms with E-state index in [1.807, 2.05) is 6.92 Å². The van der Waals surface area contributed by atoms with Gasteiger partial charge in [-0.25, -0.2) is 0 Å². The first-order chi connectivity index (χ1) is 7.66. The summed E-state index contributed by atoms with van der Waals surface area (Å²) in [6, 6.07) is -0.133. The van der Waals surface area contributed by atoms with Crippen molar-refractivity contribution in [2.45, 2.75) is 25.9 Å². The SMILES string of the molecule is C[C@@H]1C(=O)NCCCN1Cc1nnn(C)n1. The quantitative estimate of drug-likeness (QED) is 0.691. The monoisotopic (exact) mass is 224 g/mol. The molecule has 0 aromatic carbocycles. The lowest BCUT2D eigenvalue weighted by Crippen LogP contribution is -2.41. The molecule has 1 aromatic rings. The number of hydrogen-bond donors (Lipinski definition) is 1. The molecule has 1 N–H and O–H groups in total. The van der Waals surface area contributed by atoms with Gasteiger partial charge in [0.2, 0.25) is 5.91 Å². The molecule has 0 spiro atoms. The minimum atomic E-state index is -0.133. The molecule has 16 heavy (non-hydrogen) atoms. The van der Waals surface area contributed by atoms with Crippen LogP contribution in [-0.2, 0) is 18.4 Å². The van der Waals surface area contributed by atoms with Crippen molar-refractivity contribution in [2.24, 2.45) is 7.05 Å². The van der Waals surface area contributed by atoms with Gasteiger partial charge in [0.05, 0.1) is 19.6 Å². The Hall–Kier alpha value is -1.50. The predicted octanol–water partition coefficient (Wildman–Crippen LogP) is -1.08. The van der Waals surface area contributed by atoms with E-state index in [-0.39, 0.29) is 11.9 Å². The summed E-state index contributed by atoms with van der Waals surface area (Å²) in [4.78, 5) is 15.1. The van der Waals surface area contributed by atoms with Gasteiger partial charge in [0.15, 0.2) is 5.82 Å². The molecule has 2 heterocycles. The number of carbonyl (C=O) groups is 1. The molecule has 0 unspecified atom stereocenters. The number of amides is 1. The average Bonchev–Trinajstić information content (AvgIpc) is 2.60. The van der Waals surface area contributed by atoms with Crippen molar-refractivity contribution in [1.82, 2.24) is 30.4 Å². The van der Waals surface area contributed by atoms with Crippen LogP contribution in [0.5, 0.6) is 0 Å². The molecule has 1 fully saturated rings. The Balaban J connectivity index is 2.04. The Morgan fingerprint density at radius 2 is 2.38 bits per heavy atom. The van der Waals surface area contributed by atoms with Crippen molar-refractivity contribution in [1.29, 1.82) is 0 Å². The molecule has 2 rings (SSSR count). The van der Waals surface area contributed by atoms with Gasteiger partial charge in [-0.3, -0.25) is 9.69 Å². The van der Waals surface area contributed by atoms with E-state index < -0.39 is 0 Å². The van der Waals surface area contributed by atoms with Gasteiger partial charge in [0.25, 0.3) is 0 Å². The minimum Gasteiger partial charge on any atom is -0.355 e. The van der Waals surface area contributed by atoms with E-state index in [1.54, 1.807) is 7.05 Å². The number of aromatic nitrogens is 4. The number of nitrogens with one attached hydrogen (secondary N) is 1. The third-order valence-corrected chi connectivity index (χ3v) is 2.74. The Morgan fingerprint density at radius 3 is 3.06 bits per heavy atom. The second-order valence-electron chi connectivity index (χ2n) is 3.99. The van der Waals surface area contributed by atoms with Crippen LogP contribution in [-0.4, -0.2) is 50.1 Å². The summed E-state index contributed by atoms with van der Waals surface area (Å²) in [6.45, 7) is 4.09. The smallest absolute Gasteiger partial charge is 0.237 e. The Labute approximate surface area is 93.8 Å². The molecule has 1 saturated heterocycles. The summed E-state index contributed by atoms with van der Waals surface area (Å²) in [5.41, 5.74) is 0. The third-order valence-electron chi connectivity index (χ3n) is 2.74. The molecule has 88 valence electrons. The Morgan fingerprint density at radius 1 is 1.56 bits per heavy atom. The zero-order valence-corrected chi connectivity index (χ0v) is 9.55. The van der Waals surface area contributed by atoms with E-state index in [9.17, 15) is 4.79 Å². The predicted molar refractivity (Wildman–Crippen MR) is 56.3 cm³/mol. The van der Waals surface area contributed by atoms with E-state index >= 15 is 0 Å². The topological polar surface area (TPSA) is 75.9 Å². The molecule has 0 bridgehead atoms. The van der Waals surface area contributed by atoms with E-state index in [0.717, 1.165) is 19.5 Å². The fraction of sp³-hybridized carbons (Fsp3) is 0.778. The molecule has 1 aromatic heterocycles. The number of tetrazole rings is 1. The highest BCUT2D eigenvalue weighted by Crippen LogP contribution is 2.07. The second-order valence-corrected chi connectivity index (χ2v) is 3.99. The Bertz CT molecular complexity index is 376. The van der Waals surface area contributed by atoms with Gasteiger partial charge in [-0.2, -0.15) is 4.80 Å². The van der Waals surface area contributed by atoms with Crippen molar-refractivity contribution in [3.8, 4) is 0 Å². The summed E-state index contributed by atoms with van der Waals surface area (Å²) in [7, 11) is 1.73. The minimum absolute atomic E-state index is 0.0707. The second kappa shape index (κ2) is 4.56. The summed E-state index contributed by atoms with van der Waals surface area (Å²) in [5, 5.41) is 14.7. The standard InChI is InChI=1S/C9H16N6O/c1-7-9(16)10-4-3-5-15(7)6-8-11-13-14(2)12-8/h7H,3-6H2,1-2H3,(H,10,16)/t7-/m1/s1. The molecular weight excluding hydrogens is 208 g/mol. The van der Waals surface area contributed by atoms with Crippen molar-refractivity contribution >= 4 is 5.91 Å². The van der Waals surface area contributed by atoms with Gasteiger partial charge in [0, 0.05) is 13.1 Å². The van der Waals surface area contributed by atoms with Crippen LogP contribution >= 0.6 is 0 Å². The van der Waals surface area contributed by atoms with E-state index in [1.165, 1.54) is 4.80 Å². The van der Waals surface area contributed by atoms with E-state index in [2.05, 4.69) is 25.6 Å². The summed E-state index contributed by atoms with van der Waals surface area (Å²) in [5.74, 6) is 0.727. The Kier molecular flexibility index (Phi) is 3.14. The van der Waals surface area contributed by atoms with Crippen molar-refractivity contribution < 1.29 is 4.79 Å². The average molecular weight is 224 g/mol.